The van der Waals surface area contributed by atoms with Crippen molar-refractivity contribution in [1.82, 2.24) is 0 Å². The van der Waals surface area contributed by atoms with Gasteiger partial charge in [0.1, 0.15) is 12.4 Å². The molecule has 6 atom stereocenters. The maximum Gasteiger partial charge on any atom is 0.334 e. The van der Waals surface area contributed by atoms with Gasteiger partial charge < -0.3 is 14.2 Å². The van der Waals surface area contributed by atoms with Crippen molar-refractivity contribution in [1.29, 1.82) is 0 Å². The number of hydrogen-bond acceptors (Lipinski definition) is 6. The first kappa shape index (κ1) is 19.0. The molecule has 0 radical (unpaired) electrons. The second-order valence-corrected chi connectivity index (χ2v) is 9.76. The molecular formula is C23H28O6. The van der Waals surface area contributed by atoms with Crippen LogP contribution in [0.3, 0.4) is 0 Å². The predicted octanol–water partition coefficient (Wildman–Crippen LogP) is 3.11. The van der Waals surface area contributed by atoms with Crippen LogP contribution >= 0.6 is 0 Å². The standard InChI is InChI=1S/C23H28O6/c1-21-7-4-14(24)10-13(21)11-15(20(26)27-3)19-16(21)5-8-22(2)17(19)6-9-23(22)28-12-18(25)29-23/h5,11,15,17,19H,4,6-10,12H2,1-3H3/t15-,17?,19?,21?,22?,23+/m1/s1. The lowest BCUT2D eigenvalue weighted by molar-refractivity contribution is -0.228. The van der Waals surface area contributed by atoms with Gasteiger partial charge in [-0.2, -0.15) is 0 Å². The third kappa shape index (κ3) is 2.35. The number of allylic oxidation sites excluding steroid dienone is 3. The van der Waals surface area contributed by atoms with E-state index in [9.17, 15) is 14.4 Å². The average molecular weight is 400 g/mol. The Hall–Kier alpha value is -1.95. The van der Waals surface area contributed by atoms with Crippen LogP contribution in [0.15, 0.2) is 23.3 Å². The molecule has 1 saturated heterocycles. The molecule has 0 bridgehead atoms. The van der Waals surface area contributed by atoms with Gasteiger partial charge in [-0.15, -0.1) is 0 Å². The van der Waals surface area contributed by atoms with E-state index in [0.29, 0.717) is 19.3 Å². The van der Waals surface area contributed by atoms with Gasteiger partial charge >= 0.3 is 11.9 Å². The second kappa shape index (κ2) is 6.03. The maximum atomic E-state index is 12.8. The van der Waals surface area contributed by atoms with Crippen LogP contribution in [0, 0.1) is 28.6 Å². The SMILES string of the molecule is COC(=O)[C@@H]1C=C2CC(=O)CCC2(C)C2=CCC3(C)C(CC[C@@]34OCC(=O)O4)C21. The molecule has 6 nitrogen and oxygen atoms in total. The van der Waals surface area contributed by atoms with E-state index in [0.717, 1.165) is 24.8 Å². The Kier molecular flexibility index (Phi) is 3.96. The normalized spacial score (nSPS) is 45.7. The number of carbonyl (C=O) groups excluding carboxylic acids is 3. The van der Waals surface area contributed by atoms with E-state index in [2.05, 4.69) is 19.9 Å². The summed E-state index contributed by atoms with van der Waals surface area (Å²) in [5.74, 6) is -1.53. The molecule has 3 fully saturated rings. The number of Topliss-reactive ketones (excluding diaryl/α,β-unsaturated/α-hetero) is 1. The largest absolute Gasteiger partial charge is 0.469 e. The number of esters is 2. The molecule has 6 heteroatoms. The third-order valence-electron chi connectivity index (χ3n) is 8.59. The van der Waals surface area contributed by atoms with Gasteiger partial charge in [0.2, 0.25) is 5.79 Å². The lowest BCUT2D eigenvalue weighted by Crippen LogP contribution is -2.53. The Bertz CT molecular complexity index is 871. The molecule has 0 amide bonds. The highest BCUT2D eigenvalue weighted by atomic mass is 16.8. The van der Waals surface area contributed by atoms with Gasteiger partial charge in [0.05, 0.1) is 13.0 Å². The van der Waals surface area contributed by atoms with Crippen LogP contribution in [-0.2, 0) is 28.6 Å². The summed E-state index contributed by atoms with van der Waals surface area (Å²) in [5, 5.41) is 0. The van der Waals surface area contributed by atoms with E-state index in [1.165, 1.54) is 12.7 Å². The van der Waals surface area contributed by atoms with Gasteiger partial charge in [-0.25, -0.2) is 4.79 Å². The minimum absolute atomic E-state index is 0.00610. The first-order valence-electron chi connectivity index (χ1n) is 10.6. The number of methoxy groups -OCH3 is 1. The Morgan fingerprint density at radius 2 is 2.03 bits per heavy atom. The van der Waals surface area contributed by atoms with Crippen molar-refractivity contribution >= 4 is 17.7 Å². The van der Waals surface area contributed by atoms with E-state index >= 15 is 0 Å². The minimum Gasteiger partial charge on any atom is -0.469 e. The van der Waals surface area contributed by atoms with Crippen LogP contribution in [0.5, 0.6) is 0 Å². The first-order valence-corrected chi connectivity index (χ1v) is 10.6. The molecule has 5 aliphatic rings. The number of hydrogen-bond donors (Lipinski definition) is 0. The number of fused-ring (bicyclic) bond motifs is 6. The van der Waals surface area contributed by atoms with Crippen LogP contribution in [0.2, 0.25) is 0 Å². The van der Waals surface area contributed by atoms with E-state index in [-0.39, 0.29) is 47.0 Å². The molecule has 1 heterocycles. The highest BCUT2D eigenvalue weighted by Crippen LogP contribution is 2.67. The van der Waals surface area contributed by atoms with E-state index in [4.69, 9.17) is 14.2 Å². The first-order chi connectivity index (χ1) is 13.7. The van der Waals surface area contributed by atoms with Crippen molar-refractivity contribution in [2.45, 2.75) is 58.2 Å². The number of ketones is 1. The average Bonchev–Trinajstić information content (AvgIpc) is 3.22. The van der Waals surface area contributed by atoms with E-state index < -0.39 is 11.7 Å². The van der Waals surface area contributed by atoms with Gasteiger partial charge in [0.25, 0.3) is 0 Å². The van der Waals surface area contributed by atoms with Gasteiger partial charge in [0.15, 0.2) is 0 Å². The van der Waals surface area contributed by atoms with Crippen molar-refractivity contribution in [2.75, 3.05) is 13.7 Å². The summed E-state index contributed by atoms with van der Waals surface area (Å²) in [6, 6.07) is 0. The Labute approximate surface area is 170 Å². The Balaban J connectivity index is 1.63. The number of carbonyl (C=O) groups is 3. The molecular weight excluding hydrogens is 372 g/mol. The predicted molar refractivity (Wildman–Crippen MR) is 102 cm³/mol. The lowest BCUT2D eigenvalue weighted by atomic mass is 9.50. The number of rotatable bonds is 1. The maximum absolute atomic E-state index is 12.8. The summed E-state index contributed by atoms with van der Waals surface area (Å²) in [7, 11) is 1.42. The molecule has 0 aromatic rings. The fourth-order valence-electron chi connectivity index (χ4n) is 6.94. The quantitative estimate of drug-likeness (QED) is 0.497. The Morgan fingerprint density at radius 3 is 2.72 bits per heavy atom. The van der Waals surface area contributed by atoms with Crippen LogP contribution in [0.1, 0.15) is 52.4 Å². The van der Waals surface area contributed by atoms with E-state index in [1.807, 2.05) is 6.08 Å². The second-order valence-electron chi connectivity index (χ2n) is 9.76. The Morgan fingerprint density at radius 1 is 1.24 bits per heavy atom. The topological polar surface area (TPSA) is 78.9 Å². The van der Waals surface area contributed by atoms with Crippen LogP contribution < -0.4 is 0 Å². The molecule has 4 aliphatic carbocycles. The minimum atomic E-state index is -0.898. The highest BCUT2D eigenvalue weighted by Gasteiger charge is 2.68. The van der Waals surface area contributed by atoms with Crippen molar-refractivity contribution in [3.63, 3.8) is 0 Å². The molecule has 0 aromatic carbocycles. The monoisotopic (exact) mass is 400 g/mol. The van der Waals surface area contributed by atoms with Gasteiger partial charge in [-0.05, 0) is 25.2 Å². The molecule has 156 valence electrons. The molecule has 1 spiro atoms. The van der Waals surface area contributed by atoms with Crippen molar-refractivity contribution in [2.24, 2.45) is 28.6 Å². The van der Waals surface area contributed by atoms with Crippen LogP contribution in [-0.4, -0.2) is 37.2 Å². The molecule has 29 heavy (non-hydrogen) atoms. The van der Waals surface area contributed by atoms with E-state index in [1.54, 1.807) is 0 Å². The summed E-state index contributed by atoms with van der Waals surface area (Å²) in [4.78, 5) is 36.9. The van der Waals surface area contributed by atoms with Crippen LogP contribution in [0.25, 0.3) is 0 Å². The summed E-state index contributed by atoms with van der Waals surface area (Å²) in [6.45, 7) is 4.35. The summed E-state index contributed by atoms with van der Waals surface area (Å²) in [6.07, 6.45) is 8.27. The molecule has 5 rings (SSSR count). The zero-order valence-electron chi connectivity index (χ0n) is 17.3. The third-order valence-corrected chi connectivity index (χ3v) is 8.59. The van der Waals surface area contributed by atoms with Gasteiger partial charge in [-0.3, -0.25) is 9.59 Å². The fourth-order valence-corrected chi connectivity index (χ4v) is 6.94. The zero-order valence-corrected chi connectivity index (χ0v) is 17.3. The smallest absolute Gasteiger partial charge is 0.334 e. The number of ether oxygens (including phenoxy) is 3. The summed E-state index contributed by atoms with van der Waals surface area (Å²) >= 11 is 0. The molecule has 0 aromatic heterocycles. The van der Waals surface area contributed by atoms with Crippen molar-refractivity contribution in [3.05, 3.63) is 23.3 Å². The summed E-state index contributed by atoms with van der Waals surface area (Å²) < 4.78 is 16.9. The highest BCUT2D eigenvalue weighted by molar-refractivity contribution is 5.85. The molecule has 0 N–H and O–H groups in total. The van der Waals surface area contributed by atoms with Crippen molar-refractivity contribution < 1.29 is 28.6 Å². The molecule has 4 unspecified atom stereocenters. The van der Waals surface area contributed by atoms with Gasteiger partial charge in [-0.1, -0.05) is 37.1 Å². The zero-order chi connectivity index (χ0) is 20.6. The van der Waals surface area contributed by atoms with Gasteiger partial charge in [0, 0.05) is 36.0 Å². The molecule has 2 saturated carbocycles. The molecule has 1 aliphatic heterocycles. The summed E-state index contributed by atoms with van der Waals surface area (Å²) in [5.41, 5.74) is 1.76. The van der Waals surface area contributed by atoms with Crippen LogP contribution in [0.4, 0.5) is 0 Å². The fraction of sp³-hybridized carbons (Fsp3) is 0.696. The lowest BCUT2D eigenvalue weighted by Gasteiger charge is -2.55. The van der Waals surface area contributed by atoms with Crippen molar-refractivity contribution in [3.8, 4) is 0 Å².